The Morgan fingerprint density at radius 1 is 1.50 bits per heavy atom. The lowest BCUT2D eigenvalue weighted by Gasteiger charge is -2.21. The molecule has 6 heteroatoms. The van der Waals surface area contributed by atoms with Gasteiger partial charge in [0.2, 0.25) is 5.88 Å². The van der Waals surface area contributed by atoms with Crippen LogP contribution in [0.2, 0.25) is 0 Å². The van der Waals surface area contributed by atoms with Crippen LogP contribution in [-0.2, 0) is 11.2 Å². The van der Waals surface area contributed by atoms with E-state index in [1.807, 2.05) is 32.9 Å². The number of hydrogen-bond acceptors (Lipinski definition) is 5. The van der Waals surface area contributed by atoms with E-state index >= 15 is 0 Å². The molecule has 0 fully saturated rings. The summed E-state index contributed by atoms with van der Waals surface area (Å²) in [6, 6.07) is 3.49. The van der Waals surface area contributed by atoms with Crippen LogP contribution in [0.15, 0.2) is 18.3 Å². The molecule has 1 rings (SSSR count). The summed E-state index contributed by atoms with van der Waals surface area (Å²) in [6.45, 7) is 5.76. The molecule has 1 atom stereocenters. The highest BCUT2D eigenvalue weighted by molar-refractivity contribution is 5.67. The Kier molecular flexibility index (Phi) is 5.76. The molecule has 0 aromatic carbocycles. The van der Waals surface area contributed by atoms with Crippen LogP contribution in [0.25, 0.3) is 0 Å². The number of nitrogens with two attached hydrogens (primary N) is 1. The number of nitrogens with one attached hydrogen (secondary N) is 1. The van der Waals surface area contributed by atoms with Crippen molar-refractivity contribution in [3.05, 3.63) is 23.9 Å². The highest BCUT2D eigenvalue weighted by Gasteiger charge is 2.17. The normalized spacial score (nSPS) is 12.7. The smallest absolute Gasteiger partial charge is 0.407 e. The predicted octanol–water partition coefficient (Wildman–Crippen LogP) is 1.48. The molecule has 112 valence electrons. The van der Waals surface area contributed by atoms with Crippen molar-refractivity contribution in [3.63, 3.8) is 0 Å². The van der Waals surface area contributed by atoms with Gasteiger partial charge in [-0.15, -0.1) is 0 Å². The fourth-order valence-corrected chi connectivity index (χ4v) is 1.65. The van der Waals surface area contributed by atoms with E-state index in [1.165, 1.54) is 0 Å². The third-order valence-corrected chi connectivity index (χ3v) is 2.43. The zero-order chi connectivity index (χ0) is 15.2. The summed E-state index contributed by atoms with van der Waals surface area (Å²) in [7, 11) is 1.57. The van der Waals surface area contributed by atoms with Crippen LogP contribution in [0.4, 0.5) is 4.79 Å². The fourth-order valence-electron chi connectivity index (χ4n) is 1.65. The zero-order valence-electron chi connectivity index (χ0n) is 12.5. The van der Waals surface area contributed by atoms with Gasteiger partial charge >= 0.3 is 6.09 Å². The largest absolute Gasteiger partial charge is 0.481 e. The molecular formula is C14H23N3O3. The molecule has 0 saturated carbocycles. The van der Waals surface area contributed by atoms with Crippen LogP contribution in [-0.4, -0.2) is 36.4 Å². The molecule has 1 unspecified atom stereocenters. The average molecular weight is 281 g/mol. The second-order valence-corrected chi connectivity index (χ2v) is 5.52. The lowest BCUT2D eigenvalue weighted by molar-refractivity contribution is 0.0524. The average Bonchev–Trinajstić information content (AvgIpc) is 2.35. The minimum atomic E-state index is -0.513. The van der Waals surface area contributed by atoms with Gasteiger partial charge in [0, 0.05) is 24.3 Å². The summed E-state index contributed by atoms with van der Waals surface area (Å²) in [4.78, 5) is 15.6. The molecule has 0 aliphatic rings. The second kappa shape index (κ2) is 7.09. The van der Waals surface area contributed by atoms with E-state index in [4.69, 9.17) is 15.2 Å². The highest BCUT2D eigenvalue weighted by atomic mass is 16.6. The van der Waals surface area contributed by atoms with Gasteiger partial charge in [0.15, 0.2) is 0 Å². The van der Waals surface area contributed by atoms with Crippen molar-refractivity contribution in [1.82, 2.24) is 10.3 Å². The number of rotatable bonds is 5. The Morgan fingerprint density at radius 3 is 2.80 bits per heavy atom. The van der Waals surface area contributed by atoms with Crippen molar-refractivity contribution >= 4 is 6.09 Å². The Morgan fingerprint density at radius 2 is 2.20 bits per heavy atom. The van der Waals surface area contributed by atoms with Crippen LogP contribution < -0.4 is 15.8 Å². The molecule has 0 saturated heterocycles. The molecule has 0 radical (unpaired) electrons. The van der Waals surface area contributed by atoms with Gasteiger partial charge in [-0.05, 0) is 33.3 Å². The van der Waals surface area contributed by atoms with Gasteiger partial charge in [-0.25, -0.2) is 9.78 Å². The van der Waals surface area contributed by atoms with Crippen molar-refractivity contribution in [3.8, 4) is 5.88 Å². The van der Waals surface area contributed by atoms with E-state index in [9.17, 15) is 4.79 Å². The Hall–Kier alpha value is -1.82. The standard InChI is InChI=1S/C14H23N3O3/c1-14(2,3)20-13(18)17-9-11(15)8-10-6-5-7-16-12(10)19-4/h5-7,11H,8-9,15H2,1-4H3,(H,17,18). The minimum Gasteiger partial charge on any atom is -0.481 e. The number of aromatic nitrogens is 1. The first-order valence-electron chi connectivity index (χ1n) is 6.52. The molecule has 0 bridgehead atoms. The van der Waals surface area contributed by atoms with Gasteiger partial charge in [-0.3, -0.25) is 0 Å². The van der Waals surface area contributed by atoms with Gasteiger partial charge in [-0.1, -0.05) is 6.07 Å². The summed E-state index contributed by atoms with van der Waals surface area (Å²) >= 11 is 0. The number of alkyl carbamates (subject to hydrolysis) is 1. The van der Waals surface area contributed by atoms with Crippen LogP contribution in [0, 0.1) is 0 Å². The molecule has 0 aliphatic heterocycles. The molecule has 1 heterocycles. The highest BCUT2D eigenvalue weighted by Crippen LogP contribution is 2.15. The fraction of sp³-hybridized carbons (Fsp3) is 0.571. The van der Waals surface area contributed by atoms with E-state index in [1.54, 1.807) is 13.3 Å². The molecule has 6 nitrogen and oxygen atoms in total. The number of carbonyl (C=O) groups excluding carboxylic acids is 1. The number of nitrogens with zero attached hydrogens (tertiary/aromatic N) is 1. The molecule has 20 heavy (non-hydrogen) atoms. The van der Waals surface area contributed by atoms with Crippen LogP contribution in [0.1, 0.15) is 26.3 Å². The van der Waals surface area contributed by atoms with Crippen LogP contribution in [0.3, 0.4) is 0 Å². The van der Waals surface area contributed by atoms with Gasteiger partial charge in [0.05, 0.1) is 7.11 Å². The molecule has 1 amide bonds. The zero-order valence-corrected chi connectivity index (χ0v) is 12.5. The second-order valence-electron chi connectivity index (χ2n) is 5.52. The number of amides is 1. The first kappa shape index (κ1) is 16.2. The maximum atomic E-state index is 11.5. The monoisotopic (exact) mass is 281 g/mol. The van der Waals surface area contributed by atoms with Gasteiger partial charge in [-0.2, -0.15) is 0 Å². The summed E-state index contributed by atoms with van der Waals surface area (Å²) in [5.74, 6) is 0.556. The first-order valence-corrected chi connectivity index (χ1v) is 6.52. The van der Waals surface area contributed by atoms with Crippen molar-refractivity contribution < 1.29 is 14.3 Å². The predicted molar refractivity (Wildman–Crippen MR) is 76.7 cm³/mol. The minimum absolute atomic E-state index is 0.236. The topological polar surface area (TPSA) is 86.5 Å². The quantitative estimate of drug-likeness (QED) is 0.853. The van der Waals surface area contributed by atoms with E-state index in [0.29, 0.717) is 18.8 Å². The van der Waals surface area contributed by atoms with Crippen LogP contribution >= 0.6 is 0 Å². The number of methoxy groups -OCH3 is 1. The molecule has 3 N–H and O–H groups in total. The number of pyridine rings is 1. The third-order valence-electron chi connectivity index (χ3n) is 2.43. The number of carbonyl (C=O) groups is 1. The molecule has 0 aliphatic carbocycles. The third kappa shape index (κ3) is 5.88. The van der Waals surface area contributed by atoms with Crippen LogP contribution in [0.5, 0.6) is 5.88 Å². The summed E-state index contributed by atoms with van der Waals surface area (Å²) in [5, 5.41) is 2.65. The molecule has 1 aromatic heterocycles. The molecule has 1 aromatic rings. The van der Waals surface area contributed by atoms with Crippen molar-refractivity contribution in [2.24, 2.45) is 5.73 Å². The summed E-state index contributed by atoms with van der Waals surface area (Å²) < 4.78 is 10.3. The number of ether oxygens (including phenoxy) is 2. The first-order chi connectivity index (χ1) is 9.31. The lowest BCUT2D eigenvalue weighted by Crippen LogP contribution is -2.41. The van der Waals surface area contributed by atoms with E-state index < -0.39 is 11.7 Å². The van der Waals surface area contributed by atoms with E-state index in [0.717, 1.165) is 5.56 Å². The van der Waals surface area contributed by atoms with Gasteiger partial charge in [0.25, 0.3) is 0 Å². The molecular weight excluding hydrogens is 258 g/mol. The Bertz CT molecular complexity index is 444. The summed E-state index contributed by atoms with van der Waals surface area (Å²) in [5.41, 5.74) is 6.39. The lowest BCUT2D eigenvalue weighted by atomic mass is 10.1. The maximum Gasteiger partial charge on any atom is 0.407 e. The van der Waals surface area contributed by atoms with Gasteiger partial charge < -0.3 is 20.5 Å². The van der Waals surface area contributed by atoms with E-state index in [2.05, 4.69) is 10.3 Å². The SMILES string of the molecule is COc1ncccc1CC(N)CNC(=O)OC(C)(C)C. The van der Waals surface area contributed by atoms with Gasteiger partial charge in [0.1, 0.15) is 5.60 Å². The van der Waals surface area contributed by atoms with Crippen molar-refractivity contribution in [1.29, 1.82) is 0 Å². The summed E-state index contributed by atoms with van der Waals surface area (Å²) in [6.07, 6.45) is 1.76. The Labute approximate surface area is 119 Å². The van der Waals surface area contributed by atoms with E-state index in [-0.39, 0.29) is 6.04 Å². The maximum absolute atomic E-state index is 11.5. The van der Waals surface area contributed by atoms with Crippen molar-refractivity contribution in [2.75, 3.05) is 13.7 Å². The molecule has 0 spiro atoms. The number of hydrogen-bond donors (Lipinski definition) is 2. The van der Waals surface area contributed by atoms with Crippen molar-refractivity contribution in [2.45, 2.75) is 38.8 Å². The Balaban J connectivity index is 2.44.